The van der Waals surface area contributed by atoms with E-state index in [4.69, 9.17) is 10.6 Å². The summed E-state index contributed by atoms with van der Waals surface area (Å²) in [6, 6.07) is -0.0117. The van der Waals surface area contributed by atoms with Crippen LogP contribution in [0.4, 0.5) is 0 Å². The Morgan fingerprint density at radius 3 is 2.80 bits per heavy atom. The Morgan fingerprint density at radius 2 is 2.27 bits per heavy atom. The zero-order valence-electron chi connectivity index (χ0n) is 9.36. The molecule has 0 spiro atoms. The highest BCUT2D eigenvalue weighted by atomic mass is 32.1. The lowest BCUT2D eigenvalue weighted by Gasteiger charge is -2.16. The molecule has 0 aliphatic carbocycles. The van der Waals surface area contributed by atoms with Crippen molar-refractivity contribution in [2.45, 2.75) is 39.3 Å². The predicted molar refractivity (Wildman–Crippen MR) is 60.4 cm³/mol. The van der Waals surface area contributed by atoms with Gasteiger partial charge in [0.2, 0.25) is 0 Å². The van der Waals surface area contributed by atoms with Gasteiger partial charge in [-0.15, -0.1) is 5.10 Å². The number of ether oxygens (including phenoxy) is 1. The lowest BCUT2D eigenvalue weighted by molar-refractivity contribution is 0.0616. The van der Waals surface area contributed by atoms with E-state index in [0.29, 0.717) is 6.61 Å². The Hall–Kier alpha value is -0.560. The van der Waals surface area contributed by atoms with Crippen LogP contribution in [-0.2, 0) is 11.2 Å². The lowest BCUT2D eigenvalue weighted by Crippen LogP contribution is -2.32. The number of hydrogen-bond acceptors (Lipinski definition) is 6. The first-order valence-corrected chi connectivity index (χ1v) is 5.85. The summed E-state index contributed by atoms with van der Waals surface area (Å²) >= 11 is 1.37. The fourth-order valence-corrected chi connectivity index (χ4v) is 1.99. The molecular weight excluding hydrogens is 212 g/mol. The van der Waals surface area contributed by atoms with E-state index in [1.807, 2.05) is 13.8 Å². The summed E-state index contributed by atoms with van der Waals surface area (Å²) in [5.41, 5.74) is 3.74. The molecule has 0 saturated carbocycles. The summed E-state index contributed by atoms with van der Waals surface area (Å²) in [5.74, 6) is 5.49. The van der Waals surface area contributed by atoms with Gasteiger partial charge in [-0.3, -0.25) is 5.84 Å². The summed E-state index contributed by atoms with van der Waals surface area (Å²) < 4.78 is 9.46. The second kappa shape index (κ2) is 6.12. The van der Waals surface area contributed by atoms with Gasteiger partial charge >= 0.3 is 0 Å². The fraction of sp³-hybridized carbons (Fsp3) is 0.778. The maximum absolute atomic E-state index is 5.53. The summed E-state index contributed by atoms with van der Waals surface area (Å²) in [4.78, 5) is 1.07. The highest BCUT2D eigenvalue weighted by Crippen LogP contribution is 2.20. The topological polar surface area (TPSA) is 73.1 Å². The molecule has 0 radical (unpaired) electrons. The highest BCUT2D eigenvalue weighted by molar-refractivity contribution is 7.05. The van der Waals surface area contributed by atoms with Crippen molar-refractivity contribution in [1.82, 2.24) is 15.0 Å². The van der Waals surface area contributed by atoms with E-state index in [1.165, 1.54) is 11.5 Å². The third kappa shape index (κ3) is 3.49. The minimum Gasteiger partial charge on any atom is -0.377 e. The molecule has 0 saturated heterocycles. The van der Waals surface area contributed by atoms with Gasteiger partial charge < -0.3 is 4.74 Å². The minimum atomic E-state index is -0.0117. The average Bonchev–Trinajstić information content (AvgIpc) is 2.66. The Morgan fingerprint density at radius 1 is 1.53 bits per heavy atom. The maximum atomic E-state index is 5.53. The van der Waals surface area contributed by atoms with E-state index in [0.717, 1.165) is 17.0 Å². The molecule has 0 amide bonds. The number of hydrazine groups is 1. The number of nitrogens with one attached hydrogen (secondary N) is 1. The van der Waals surface area contributed by atoms with Gasteiger partial charge in [0.25, 0.3) is 0 Å². The second-order valence-corrected chi connectivity index (χ2v) is 4.32. The van der Waals surface area contributed by atoms with Crippen LogP contribution in [-0.4, -0.2) is 22.3 Å². The number of nitrogens with zero attached hydrogens (tertiary/aromatic N) is 2. The SMILES string of the molecule is CCc1nnsc1C(COC(C)C)NN. The molecule has 15 heavy (non-hydrogen) atoms. The van der Waals surface area contributed by atoms with Crippen LogP contribution < -0.4 is 11.3 Å². The fourth-order valence-electron chi connectivity index (χ4n) is 1.21. The van der Waals surface area contributed by atoms with E-state index < -0.39 is 0 Å². The second-order valence-electron chi connectivity index (χ2n) is 3.54. The van der Waals surface area contributed by atoms with Crippen molar-refractivity contribution in [2.75, 3.05) is 6.61 Å². The molecule has 3 N–H and O–H groups in total. The normalized spacial score (nSPS) is 13.4. The summed E-state index contributed by atoms with van der Waals surface area (Å²) in [7, 11) is 0. The molecule has 0 aromatic carbocycles. The molecule has 5 nitrogen and oxygen atoms in total. The van der Waals surface area contributed by atoms with Gasteiger partial charge in [0.1, 0.15) is 0 Å². The van der Waals surface area contributed by atoms with E-state index in [-0.39, 0.29) is 12.1 Å². The van der Waals surface area contributed by atoms with E-state index >= 15 is 0 Å². The van der Waals surface area contributed by atoms with Crippen LogP contribution in [0, 0.1) is 0 Å². The zero-order valence-corrected chi connectivity index (χ0v) is 10.2. The molecule has 0 aliphatic rings. The Bertz CT molecular complexity index is 289. The molecule has 0 aliphatic heterocycles. The van der Waals surface area contributed by atoms with Crippen molar-refractivity contribution < 1.29 is 4.74 Å². The smallest absolute Gasteiger partial charge is 0.0821 e. The van der Waals surface area contributed by atoms with E-state index in [9.17, 15) is 0 Å². The largest absolute Gasteiger partial charge is 0.377 e. The Balaban J connectivity index is 2.65. The quantitative estimate of drug-likeness (QED) is 0.564. The number of nitrogens with two attached hydrogens (primary N) is 1. The number of hydrogen-bond donors (Lipinski definition) is 2. The van der Waals surface area contributed by atoms with Gasteiger partial charge in [0.05, 0.1) is 29.3 Å². The monoisotopic (exact) mass is 230 g/mol. The summed E-state index contributed by atoms with van der Waals surface area (Å²) in [5, 5.41) is 4.05. The summed E-state index contributed by atoms with van der Waals surface area (Å²) in [6.45, 7) is 6.60. The van der Waals surface area contributed by atoms with Crippen molar-refractivity contribution in [3.63, 3.8) is 0 Å². The van der Waals surface area contributed by atoms with Gasteiger partial charge in [-0.1, -0.05) is 11.4 Å². The number of aryl methyl sites for hydroxylation is 1. The van der Waals surface area contributed by atoms with Crippen molar-refractivity contribution in [3.05, 3.63) is 10.6 Å². The Kier molecular flexibility index (Phi) is 5.10. The van der Waals surface area contributed by atoms with Gasteiger partial charge in [-0.2, -0.15) is 0 Å². The molecule has 1 aromatic heterocycles. The van der Waals surface area contributed by atoms with E-state index in [2.05, 4.69) is 21.9 Å². The zero-order chi connectivity index (χ0) is 11.3. The predicted octanol–water partition coefficient (Wildman–Crippen LogP) is 1.03. The third-order valence-electron chi connectivity index (χ3n) is 2.03. The third-order valence-corrected chi connectivity index (χ3v) is 2.91. The van der Waals surface area contributed by atoms with Crippen molar-refractivity contribution in [1.29, 1.82) is 0 Å². The van der Waals surface area contributed by atoms with E-state index in [1.54, 1.807) is 0 Å². The average molecular weight is 230 g/mol. The van der Waals surface area contributed by atoms with Gasteiger partial charge in [0, 0.05) is 0 Å². The van der Waals surface area contributed by atoms with Gasteiger partial charge in [-0.25, -0.2) is 5.43 Å². The van der Waals surface area contributed by atoms with Crippen LogP contribution in [0.2, 0.25) is 0 Å². The van der Waals surface area contributed by atoms with Crippen molar-refractivity contribution in [2.24, 2.45) is 5.84 Å². The van der Waals surface area contributed by atoms with Gasteiger partial charge in [-0.05, 0) is 31.8 Å². The summed E-state index contributed by atoms with van der Waals surface area (Å²) in [6.07, 6.45) is 1.07. The molecule has 1 rings (SSSR count). The van der Waals surface area contributed by atoms with Crippen LogP contribution in [0.1, 0.15) is 37.4 Å². The molecule has 86 valence electrons. The molecule has 6 heteroatoms. The van der Waals surface area contributed by atoms with Crippen LogP contribution in [0.3, 0.4) is 0 Å². The first-order chi connectivity index (χ1) is 7.19. The van der Waals surface area contributed by atoms with Crippen LogP contribution >= 0.6 is 11.5 Å². The molecule has 1 unspecified atom stereocenters. The van der Waals surface area contributed by atoms with Crippen molar-refractivity contribution in [3.8, 4) is 0 Å². The molecule has 0 fully saturated rings. The van der Waals surface area contributed by atoms with Crippen LogP contribution in [0.25, 0.3) is 0 Å². The standard InChI is InChI=1S/C9H18N4OS/c1-4-7-9(15-13-12-7)8(11-10)5-14-6(2)3/h6,8,11H,4-5,10H2,1-3H3. The highest BCUT2D eigenvalue weighted by Gasteiger charge is 2.17. The van der Waals surface area contributed by atoms with Crippen molar-refractivity contribution >= 4 is 11.5 Å². The molecule has 1 atom stereocenters. The maximum Gasteiger partial charge on any atom is 0.0821 e. The number of rotatable bonds is 6. The van der Waals surface area contributed by atoms with Crippen LogP contribution in [0.5, 0.6) is 0 Å². The first kappa shape index (κ1) is 12.5. The minimum absolute atomic E-state index is 0.0117. The molecule has 1 heterocycles. The first-order valence-electron chi connectivity index (χ1n) is 5.07. The lowest BCUT2D eigenvalue weighted by atomic mass is 10.2. The Labute approximate surface area is 94.1 Å². The van der Waals surface area contributed by atoms with Crippen LogP contribution in [0.15, 0.2) is 0 Å². The number of aromatic nitrogens is 2. The molecule has 1 aromatic rings. The molecule has 0 bridgehead atoms. The molecular formula is C9H18N4OS. The van der Waals surface area contributed by atoms with Gasteiger partial charge in [0.15, 0.2) is 0 Å².